The van der Waals surface area contributed by atoms with Gasteiger partial charge >= 0.3 is 29.6 Å². The monoisotopic (exact) mass is 290 g/mol. The Kier molecular flexibility index (Phi) is 5.36. The average molecular weight is 290 g/mol. The molecule has 0 aliphatic rings. The molecule has 0 saturated carbocycles. The molecule has 1 aromatic carbocycles. The normalized spacial score (nSPS) is 12.0. The fourth-order valence-corrected chi connectivity index (χ4v) is 3.05. The van der Waals surface area contributed by atoms with Gasteiger partial charge < -0.3 is 0 Å². The van der Waals surface area contributed by atoms with E-state index < -0.39 is 25.1 Å². The van der Waals surface area contributed by atoms with Crippen LogP contribution in [-0.2, 0) is 20.2 Å². The van der Waals surface area contributed by atoms with Crippen molar-refractivity contribution in [3.8, 4) is 0 Å². The molecule has 0 aromatic heterocycles. The first-order valence-corrected chi connectivity index (χ1v) is 6.97. The van der Waals surface area contributed by atoms with E-state index in [-0.39, 0.29) is 45.6 Å². The molecule has 1 aromatic rings. The Balaban J connectivity index is 0.00000256. The molecule has 0 radical (unpaired) electrons. The van der Waals surface area contributed by atoms with Crippen LogP contribution in [0, 0.1) is 13.8 Å². The molecule has 17 heavy (non-hydrogen) atoms. The second kappa shape index (κ2) is 5.35. The molecule has 1 rings (SSSR count). The standard InChI is InChI=1S/C8H10O6S2.Na.H/c1-5-3-7(15(9,10)11)4-6(2)8(5)16(12,13)14;;/h3-4H,1-2H3,(H,9,10,11)(H,12,13,14);;. The van der Waals surface area contributed by atoms with Gasteiger partial charge in [0.2, 0.25) is 0 Å². The van der Waals surface area contributed by atoms with E-state index in [1.807, 2.05) is 0 Å². The molecule has 0 saturated heterocycles. The van der Waals surface area contributed by atoms with Crippen molar-refractivity contribution in [3.05, 3.63) is 23.3 Å². The molecule has 0 heterocycles. The summed E-state index contributed by atoms with van der Waals surface area (Å²) in [5, 5.41) is 0. The van der Waals surface area contributed by atoms with Crippen molar-refractivity contribution >= 4 is 49.8 Å². The molecule has 0 aliphatic carbocycles. The van der Waals surface area contributed by atoms with E-state index in [4.69, 9.17) is 9.11 Å². The Bertz CT molecular complexity index is 609. The number of hydrogen-bond acceptors (Lipinski definition) is 4. The molecule has 2 N–H and O–H groups in total. The van der Waals surface area contributed by atoms with Gasteiger partial charge in [0.1, 0.15) is 0 Å². The van der Waals surface area contributed by atoms with Crippen molar-refractivity contribution in [2.75, 3.05) is 0 Å². The molecule has 0 amide bonds. The van der Waals surface area contributed by atoms with Gasteiger partial charge in [-0.1, -0.05) is 0 Å². The van der Waals surface area contributed by atoms with E-state index in [1.54, 1.807) is 0 Å². The van der Waals surface area contributed by atoms with Crippen LogP contribution in [0.2, 0.25) is 0 Å². The number of benzene rings is 1. The number of hydrogen-bond donors (Lipinski definition) is 2. The predicted octanol–water partition coefficient (Wildman–Crippen LogP) is 0.148. The molecule has 92 valence electrons. The van der Waals surface area contributed by atoms with Gasteiger partial charge in [0.05, 0.1) is 9.79 Å². The quantitative estimate of drug-likeness (QED) is 0.592. The number of aryl methyl sites for hydroxylation is 2. The van der Waals surface area contributed by atoms with Crippen LogP contribution >= 0.6 is 0 Å². The van der Waals surface area contributed by atoms with Gasteiger partial charge in [0, 0.05) is 0 Å². The van der Waals surface area contributed by atoms with Gasteiger partial charge in [-0.3, -0.25) is 9.11 Å². The van der Waals surface area contributed by atoms with Crippen LogP contribution in [-0.4, -0.2) is 55.5 Å². The Hall–Kier alpha value is 0.0400. The van der Waals surface area contributed by atoms with Crippen molar-refractivity contribution in [2.24, 2.45) is 0 Å². The molecule has 6 nitrogen and oxygen atoms in total. The van der Waals surface area contributed by atoms with Crippen LogP contribution in [0.4, 0.5) is 0 Å². The maximum absolute atomic E-state index is 11.0. The third-order valence-corrected chi connectivity index (χ3v) is 3.98. The summed E-state index contributed by atoms with van der Waals surface area (Å²) >= 11 is 0. The topological polar surface area (TPSA) is 109 Å². The predicted molar refractivity (Wildman–Crippen MR) is 62.7 cm³/mol. The minimum absolute atomic E-state index is 0. The van der Waals surface area contributed by atoms with Crippen LogP contribution in [0.25, 0.3) is 0 Å². The molecule has 0 unspecified atom stereocenters. The third kappa shape index (κ3) is 4.02. The molecule has 0 bridgehead atoms. The maximum atomic E-state index is 11.0. The molecular weight excluding hydrogens is 279 g/mol. The average Bonchev–Trinajstić information content (AvgIpc) is 1.97. The zero-order valence-corrected chi connectivity index (χ0v) is 10.1. The third-order valence-electron chi connectivity index (χ3n) is 1.99. The van der Waals surface area contributed by atoms with Crippen LogP contribution < -0.4 is 0 Å². The fourth-order valence-electron chi connectivity index (χ4n) is 1.47. The summed E-state index contributed by atoms with van der Waals surface area (Å²) in [6, 6.07) is 1.96. The molecule has 0 fully saturated rings. The van der Waals surface area contributed by atoms with Gasteiger partial charge in [-0.25, -0.2) is 0 Å². The van der Waals surface area contributed by atoms with E-state index in [0.29, 0.717) is 0 Å². The first-order chi connectivity index (χ1) is 7.03. The summed E-state index contributed by atoms with van der Waals surface area (Å²) in [5.74, 6) is 0. The van der Waals surface area contributed by atoms with Gasteiger partial charge in [-0.2, -0.15) is 16.8 Å². The first-order valence-electron chi connectivity index (χ1n) is 4.09. The zero-order chi connectivity index (χ0) is 12.7. The van der Waals surface area contributed by atoms with Crippen molar-refractivity contribution in [3.63, 3.8) is 0 Å². The van der Waals surface area contributed by atoms with Crippen LogP contribution in [0.5, 0.6) is 0 Å². The molecule has 9 heteroatoms. The molecule has 0 aliphatic heterocycles. The summed E-state index contributed by atoms with van der Waals surface area (Å²) in [4.78, 5) is -0.755. The second-order valence-corrected chi connectivity index (χ2v) is 6.12. The molecule has 0 spiro atoms. The van der Waals surface area contributed by atoms with Gasteiger partial charge in [0.25, 0.3) is 20.2 Å². The Morgan fingerprint density at radius 1 is 0.882 bits per heavy atom. The Morgan fingerprint density at radius 3 is 1.47 bits per heavy atom. The van der Waals surface area contributed by atoms with E-state index in [2.05, 4.69) is 0 Å². The van der Waals surface area contributed by atoms with E-state index in [9.17, 15) is 16.8 Å². The SMILES string of the molecule is Cc1cc(S(=O)(=O)O)cc(C)c1S(=O)(=O)O.[NaH]. The van der Waals surface area contributed by atoms with Gasteiger partial charge in [-0.15, -0.1) is 0 Å². The van der Waals surface area contributed by atoms with E-state index in [1.165, 1.54) is 13.8 Å². The second-order valence-electron chi connectivity index (χ2n) is 3.34. The van der Waals surface area contributed by atoms with Crippen LogP contribution in [0.3, 0.4) is 0 Å². The van der Waals surface area contributed by atoms with E-state index in [0.717, 1.165) is 12.1 Å². The summed E-state index contributed by atoms with van der Waals surface area (Å²) < 4.78 is 61.3. The number of rotatable bonds is 2. The van der Waals surface area contributed by atoms with Gasteiger partial charge in [0.15, 0.2) is 0 Å². The van der Waals surface area contributed by atoms with Crippen molar-refractivity contribution < 1.29 is 25.9 Å². The summed E-state index contributed by atoms with van der Waals surface area (Å²) in [6.07, 6.45) is 0. The summed E-state index contributed by atoms with van der Waals surface area (Å²) in [5.41, 5.74) is 0.102. The van der Waals surface area contributed by atoms with Crippen LogP contribution in [0.1, 0.15) is 11.1 Å². The fraction of sp³-hybridized carbons (Fsp3) is 0.250. The Morgan fingerprint density at radius 2 is 1.24 bits per heavy atom. The van der Waals surface area contributed by atoms with Gasteiger partial charge in [-0.05, 0) is 37.1 Å². The van der Waals surface area contributed by atoms with Crippen LogP contribution in [0.15, 0.2) is 21.9 Å². The molecular formula is C8H11NaO6S2. The molecule has 0 atom stereocenters. The summed E-state index contributed by atoms with van der Waals surface area (Å²) in [7, 11) is -8.79. The first kappa shape index (κ1) is 17.0. The van der Waals surface area contributed by atoms with Crippen molar-refractivity contribution in [1.29, 1.82) is 0 Å². The van der Waals surface area contributed by atoms with Crippen molar-refractivity contribution in [2.45, 2.75) is 23.6 Å². The minimum atomic E-state index is -4.40. The zero-order valence-electron chi connectivity index (χ0n) is 8.50. The van der Waals surface area contributed by atoms with Crippen molar-refractivity contribution in [1.82, 2.24) is 0 Å². The van der Waals surface area contributed by atoms with E-state index >= 15 is 0 Å². The summed E-state index contributed by atoms with van der Waals surface area (Å²) in [6.45, 7) is 2.65. The Labute approximate surface area is 122 Å².